The van der Waals surface area contributed by atoms with Gasteiger partial charge >= 0.3 is 0 Å². The topological polar surface area (TPSA) is 132 Å². The summed E-state index contributed by atoms with van der Waals surface area (Å²) in [6.45, 7) is 8.18. The molecule has 0 unspecified atom stereocenters. The molecule has 0 saturated heterocycles. The lowest BCUT2D eigenvalue weighted by Crippen LogP contribution is -1.97. The maximum atomic E-state index is 8.52. The minimum Gasteiger partial charge on any atom is -0.759 e. The second-order valence-corrected chi connectivity index (χ2v) is 6.27. The minimum absolute atomic E-state index is 0.877. The van der Waals surface area contributed by atoms with Gasteiger partial charge in [0.25, 0.3) is 0 Å². The summed E-state index contributed by atoms with van der Waals surface area (Å²) in [6, 6.07) is 8.53. The fourth-order valence-corrected chi connectivity index (χ4v) is 2.28. The van der Waals surface area contributed by atoms with Gasteiger partial charge in [0.05, 0.1) is 0 Å². The van der Waals surface area contributed by atoms with Crippen LogP contribution in [0.3, 0.4) is 0 Å². The Hall–Kier alpha value is -2.09. The molecule has 7 heteroatoms. The molecule has 2 aromatic rings. The minimum atomic E-state index is -5.17. The Morgan fingerprint density at radius 1 is 0.696 bits per heavy atom. The molecule has 0 amide bonds. The van der Waals surface area contributed by atoms with Crippen LogP contribution in [0.2, 0.25) is 0 Å². The van der Waals surface area contributed by atoms with Gasteiger partial charge in [0.1, 0.15) is 0 Å². The van der Waals surface area contributed by atoms with Crippen LogP contribution in [0, 0.1) is 27.7 Å². The van der Waals surface area contributed by atoms with Crippen LogP contribution in [0.15, 0.2) is 24.3 Å². The molecule has 0 heterocycles. The Morgan fingerprint density at radius 2 is 0.870 bits per heavy atom. The van der Waals surface area contributed by atoms with Crippen molar-refractivity contribution in [3.8, 4) is 11.1 Å². The Bertz CT molecular complexity index is 720. The highest BCUT2D eigenvalue weighted by molar-refractivity contribution is 7.79. The highest BCUT2D eigenvalue weighted by Gasteiger charge is 2.07. The molecule has 0 bridgehead atoms. The van der Waals surface area contributed by atoms with E-state index in [1.54, 1.807) is 0 Å². The van der Waals surface area contributed by atoms with Crippen LogP contribution in [0.5, 0.6) is 0 Å². The molecular weight excluding hydrogens is 316 g/mol. The third-order valence-electron chi connectivity index (χ3n) is 3.52. The van der Waals surface area contributed by atoms with Gasteiger partial charge in [-0.05, 0) is 85.3 Å². The van der Waals surface area contributed by atoms with Crippen LogP contribution in [0.1, 0.15) is 22.3 Å². The molecule has 0 aliphatic carbocycles. The third-order valence-corrected chi connectivity index (χ3v) is 3.52. The molecule has 0 saturated carbocycles. The van der Waals surface area contributed by atoms with Crippen molar-refractivity contribution < 1.29 is 17.5 Å². The normalized spacial score (nSPS) is 10.9. The van der Waals surface area contributed by atoms with Gasteiger partial charge in [-0.2, -0.15) is 0 Å². The Balaban J connectivity index is 0.000000463. The first kappa shape index (κ1) is 19.0. The quantitative estimate of drug-likeness (QED) is 0.467. The van der Waals surface area contributed by atoms with Crippen molar-refractivity contribution in [2.75, 3.05) is 11.5 Å². The summed E-state index contributed by atoms with van der Waals surface area (Å²) in [6.07, 6.45) is 0. The number of anilines is 2. The number of rotatable bonds is 1. The van der Waals surface area contributed by atoms with E-state index in [0.717, 1.165) is 33.6 Å². The zero-order valence-electron chi connectivity index (χ0n) is 13.5. The van der Waals surface area contributed by atoms with E-state index in [1.807, 2.05) is 27.7 Å². The molecule has 2 rings (SSSR count). The smallest absolute Gasteiger partial charge is 0.0373 e. The van der Waals surface area contributed by atoms with Gasteiger partial charge in [0.2, 0.25) is 0 Å². The summed E-state index contributed by atoms with van der Waals surface area (Å²) in [5, 5.41) is 0. The van der Waals surface area contributed by atoms with E-state index >= 15 is 0 Å². The first-order valence-electron chi connectivity index (χ1n) is 6.80. The monoisotopic (exact) mass is 336 g/mol. The van der Waals surface area contributed by atoms with E-state index < -0.39 is 10.4 Å². The van der Waals surface area contributed by atoms with Crippen LogP contribution in [0.4, 0.5) is 11.4 Å². The second kappa shape index (κ2) is 6.99. The molecule has 2 aromatic carbocycles. The average Bonchev–Trinajstić information content (AvgIpc) is 2.39. The van der Waals surface area contributed by atoms with Gasteiger partial charge < -0.3 is 20.6 Å². The molecule has 6 nitrogen and oxygen atoms in total. The molecule has 0 aliphatic heterocycles. The largest absolute Gasteiger partial charge is 0.759 e. The molecular formula is C16H20N2O4S-2. The van der Waals surface area contributed by atoms with E-state index in [9.17, 15) is 0 Å². The number of benzene rings is 2. The maximum Gasteiger partial charge on any atom is 0.0373 e. The summed E-state index contributed by atoms with van der Waals surface area (Å²) in [5.74, 6) is 0. The van der Waals surface area contributed by atoms with E-state index in [4.69, 9.17) is 29.0 Å². The first-order valence-corrected chi connectivity index (χ1v) is 8.14. The SMILES string of the molecule is Cc1cc(-c2cc(C)c(N)c(C)c2)cc(C)c1N.O=S(=O)([O-])[O-]. The number of hydrogen-bond donors (Lipinski definition) is 2. The van der Waals surface area contributed by atoms with Crippen molar-refractivity contribution in [1.82, 2.24) is 0 Å². The van der Waals surface area contributed by atoms with Crippen LogP contribution in [0.25, 0.3) is 11.1 Å². The number of hydrogen-bond acceptors (Lipinski definition) is 6. The predicted octanol–water partition coefficient (Wildman–Crippen LogP) is 2.41. The van der Waals surface area contributed by atoms with Crippen molar-refractivity contribution in [2.24, 2.45) is 0 Å². The van der Waals surface area contributed by atoms with E-state index in [-0.39, 0.29) is 0 Å². The van der Waals surface area contributed by atoms with Gasteiger partial charge in [0, 0.05) is 21.8 Å². The van der Waals surface area contributed by atoms with Gasteiger partial charge in [-0.3, -0.25) is 8.42 Å². The van der Waals surface area contributed by atoms with E-state index in [0.29, 0.717) is 0 Å². The zero-order valence-corrected chi connectivity index (χ0v) is 14.3. The molecule has 0 fully saturated rings. The highest BCUT2D eigenvalue weighted by Crippen LogP contribution is 2.30. The maximum absolute atomic E-state index is 8.52. The van der Waals surface area contributed by atoms with Gasteiger partial charge in [-0.15, -0.1) is 0 Å². The molecule has 0 atom stereocenters. The number of aryl methyl sites for hydroxylation is 4. The van der Waals surface area contributed by atoms with Crippen LogP contribution in [-0.4, -0.2) is 17.5 Å². The van der Waals surface area contributed by atoms with Gasteiger partial charge in [-0.1, -0.05) is 0 Å². The summed E-state index contributed by atoms with van der Waals surface area (Å²) in [5.41, 5.74) is 20.6. The highest BCUT2D eigenvalue weighted by atomic mass is 32.3. The van der Waals surface area contributed by atoms with Crippen LogP contribution in [-0.2, 0) is 10.4 Å². The zero-order chi connectivity index (χ0) is 17.9. The summed E-state index contributed by atoms with van der Waals surface area (Å²) in [4.78, 5) is 0. The lowest BCUT2D eigenvalue weighted by atomic mass is 9.95. The second-order valence-electron chi connectivity index (χ2n) is 5.46. The van der Waals surface area contributed by atoms with Gasteiger partial charge in [-0.25, -0.2) is 0 Å². The number of nitrogens with two attached hydrogens (primary N) is 2. The predicted molar refractivity (Wildman–Crippen MR) is 90.1 cm³/mol. The molecule has 0 aromatic heterocycles. The lowest BCUT2D eigenvalue weighted by molar-refractivity contribution is 0.352. The van der Waals surface area contributed by atoms with Crippen molar-refractivity contribution in [2.45, 2.75) is 27.7 Å². The van der Waals surface area contributed by atoms with Gasteiger partial charge in [0.15, 0.2) is 0 Å². The summed E-state index contributed by atoms with van der Waals surface area (Å²) < 4.78 is 34.1. The fraction of sp³-hybridized carbons (Fsp3) is 0.250. The van der Waals surface area contributed by atoms with Crippen molar-refractivity contribution >= 4 is 21.8 Å². The standard InChI is InChI=1S/C16H20N2.H2O4S/c1-9-5-13(6-10(2)15(9)17)14-7-11(3)16(18)12(4)8-14;1-5(2,3)4/h5-8H,17-18H2,1-4H3;(H2,1,2,3,4)/p-2. The third kappa shape index (κ3) is 5.55. The Kier molecular flexibility index (Phi) is 5.76. The van der Waals surface area contributed by atoms with Crippen LogP contribution < -0.4 is 11.5 Å². The van der Waals surface area contributed by atoms with Crippen LogP contribution >= 0.6 is 0 Å². The lowest BCUT2D eigenvalue weighted by Gasteiger charge is -2.12. The molecule has 0 spiro atoms. The summed E-state index contributed by atoms with van der Waals surface area (Å²) in [7, 11) is -5.17. The average molecular weight is 336 g/mol. The van der Waals surface area contributed by atoms with Crippen molar-refractivity contribution in [3.63, 3.8) is 0 Å². The van der Waals surface area contributed by atoms with Crippen molar-refractivity contribution in [3.05, 3.63) is 46.5 Å². The first-order chi connectivity index (χ1) is 10.4. The van der Waals surface area contributed by atoms with E-state index in [1.165, 1.54) is 11.1 Å². The molecule has 0 aliphatic rings. The molecule has 4 N–H and O–H groups in total. The van der Waals surface area contributed by atoms with Crippen molar-refractivity contribution in [1.29, 1.82) is 0 Å². The fourth-order valence-electron chi connectivity index (χ4n) is 2.28. The number of nitrogen functional groups attached to an aromatic ring is 2. The molecule has 23 heavy (non-hydrogen) atoms. The summed E-state index contributed by atoms with van der Waals surface area (Å²) >= 11 is 0. The Morgan fingerprint density at radius 3 is 1.04 bits per heavy atom. The molecule has 126 valence electrons. The molecule has 0 radical (unpaired) electrons. The van der Waals surface area contributed by atoms with E-state index in [2.05, 4.69) is 24.3 Å². The Labute approximate surface area is 136 Å².